The molecule has 3 heterocycles. The maximum Gasteiger partial charge on any atom is 0.317 e. The quantitative estimate of drug-likeness (QED) is 0.680. The van der Waals surface area contributed by atoms with E-state index in [1.807, 2.05) is 32.2 Å². The van der Waals surface area contributed by atoms with Gasteiger partial charge in [0.15, 0.2) is 5.82 Å². The zero-order valence-electron chi connectivity index (χ0n) is 16.1. The number of aromatic nitrogens is 4. The Labute approximate surface area is 163 Å². The van der Waals surface area contributed by atoms with Crippen molar-refractivity contribution in [1.82, 2.24) is 29.7 Å². The standard InChI is InChI=1S/C20H24N6O2/c1-13-5-6-15-16(10-13)24-17(23-15)11-22-20(28)26-8-3-4-14(12-26)18(27)19-21-7-9-25(19)2/h5-7,9-10,14H,3-4,8,11-12H2,1-2H3,(H,22,28)(H,23,24). The number of aryl methyl sites for hydroxylation is 2. The Morgan fingerprint density at radius 2 is 2.21 bits per heavy atom. The Morgan fingerprint density at radius 3 is 3.00 bits per heavy atom. The number of H-pyrrole nitrogens is 1. The minimum absolute atomic E-state index is 0.00217. The second kappa shape index (κ2) is 7.46. The second-order valence-corrected chi connectivity index (χ2v) is 7.37. The molecule has 1 aliphatic heterocycles. The molecule has 0 saturated carbocycles. The number of likely N-dealkylation sites (tertiary alicyclic amines) is 1. The summed E-state index contributed by atoms with van der Waals surface area (Å²) in [7, 11) is 1.81. The van der Waals surface area contributed by atoms with E-state index in [4.69, 9.17) is 0 Å². The van der Waals surface area contributed by atoms with Crippen LogP contribution in [-0.2, 0) is 13.6 Å². The molecule has 2 aromatic heterocycles. The van der Waals surface area contributed by atoms with E-state index in [9.17, 15) is 9.59 Å². The number of piperidine rings is 1. The SMILES string of the molecule is Cc1ccc2nc(CNC(=O)N3CCCC(C(=O)c4nccn4C)C3)[nH]c2c1. The molecular formula is C20H24N6O2. The van der Waals surface area contributed by atoms with Crippen LogP contribution in [0.5, 0.6) is 0 Å². The summed E-state index contributed by atoms with van der Waals surface area (Å²) in [6, 6.07) is 5.84. The number of carbonyl (C=O) groups is 2. The number of nitrogens with one attached hydrogen (secondary N) is 2. The summed E-state index contributed by atoms with van der Waals surface area (Å²) in [5.41, 5.74) is 3.00. The van der Waals surface area contributed by atoms with Crippen LogP contribution in [0.1, 0.15) is 34.8 Å². The number of fused-ring (bicyclic) bond motifs is 1. The fourth-order valence-electron chi connectivity index (χ4n) is 3.69. The first-order valence-electron chi connectivity index (χ1n) is 9.51. The fourth-order valence-corrected chi connectivity index (χ4v) is 3.69. The van der Waals surface area contributed by atoms with Gasteiger partial charge in [-0.2, -0.15) is 0 Å². The van der Waals surface area contributed by atoms with Crippen LogP contribution in [0.15, 0.2) is 30.6 Å². The number of aromatic amines is 1. The summed E-state index contributed by atoms with van der Waals surface area (Å²) in [5, 5.41) is 2.91. The first kappa shape index (κ1) is 18.2. The third-order valence-electron chi connectivity index (χ3n) is 5.21. The van der Waals surface area contributed by atoms with E-state index in [-0.39, 0.29) is 17.7 Å². The van der Waals surface area contributed by atoms with Gasteiger partial charge in [0.1, 0.15) is 5.82 Å². The van der Waals surface area contributed by atoms with E-state index in [0.29, 0.717) is 31.3 Å². The number of hydrogen-bond donors (Lipinski definition) is 2. The number of urea groups is 1. The highest BCUT2D eigenvalue weighted by atomic mass is 16.2. The second-order valence-electron chi connectivity index (χ2n) is 7.37. The summed E-state index contributed by atoms with van der Waals surface area (Å²) >= 11 is 0. The predicted octanol–water partition coefficient (Wildman–Crippen LogP) is 2.41. The zero-order valence-corrected chi connectivity index (χ0v) is 16.1. The number of hydrogen-bond acceptors (Lipinski definition) is 4. The molecule has 146 valence electrons. The van der Waals surface area contributed by atoms with Gasteiger partial charge in [0.05, 0.1) is 17.6 Å². The third-order valence-corrected chi connectivity index (χ3v) is 5.21. The van der Waals surface area contributed by atoms with Crippen LogP contribution in [0, 0.1) is 12.8 Å². The Balaban J connectivity index is 1.37. The largest absolute Gasteiger partial charge is 0.340 e. The highest BCUT2D eigenvalue weighted by molar-refractivity contribution is 5.95. The summed E-state index contributed by atoms with van der Waals surface area (Å²) in [5.74, 6) is 0.948. The van der Waals surface area contributed by atoms with E-state index >= 15 is 0 Å². The lowest BCUT2D eigenvalue weighted by Crippen LogP contribution is -2.47. The molecule has 0 spiro atoms. The van der Waals surface area contributed by atoms with Gasteiger partial charge in [-0.1, -0.05) is 6.07 Å². The number of carbonyl (C=O) groups excluding carboxylic acids is 2. The predicted molar refractivity (Wildman–Crippen MR) is 105 cm³/mol. The number of amides is 2. The van der Waals surface area contributed by atoms with E-state index in [1.54, 1.807) is 21.9 Å². The van der Waals surface area contributed by atoms with Crippen molar-refractivity contribution in [1.29, 1.82) is 0 Å². The van der Waals surface area contributed by atoms with E-state index in [1.165, 1.54) is 0 Å². The van der Waals surface area contributed by atoms with E-state index in [2.05, 4.69) is 20.3 Å². The fraction of sp³-hybridized carbons (Fsp3) is 0.400. The van der Waals surface area contributed by atoms with Crippen LogP contribution in [0.4, 0.5) is 4.79 Å². The Morgan fingerprint density at radius 1 is 1.36 bits per heavy atom. The van der Waals surface area contributed by atoms with Crippen LogP contribution in [-0.4, -0.2) is 49.3 Å². The van der Waals surface area contributed by atoms with Gasteiger partial charge in [0.25, 0.3) is 0 Å². The van der Waals surface area contributed by atoms with Crippen LogP contribution in [0.25, 0.3) is 11.0 Å². The van der Waals surface area contributed by atoms with Gasteiger partial charge in [0, 0.05) is 38.4 Å². The first-order valence-corrected chi connectivity index (χ1v) is 9.51. The van der Waals surface area contributed by atoms with Crippen molar-refractivity contribution >= 4 is 22.8 Å². The van der Waals surface area contributed by atoms with E-state index in [0.717, 1.165) is 29.4 Å². The first-order chi connectivity index (χ1) is 13.5. The molecule has 4 rings (SSSR count). The van der Waals surface area contributed by atoms with Crippen molar-refractivity contribution in [3.8, 4) is 0 Å². The van der Waals surface area contributed by atoms with Gasteiger partial charge in [-0.15, -0.1) is 0 Å². The topological polar surface area (TPSA) is 95.9 Å². The lowest BCUT2D eigenvalue weighted by molar-refractivity contribution is 0.0831. The van der Waals surface area contributed by atoms with Crippen LogP contribution in [0.2, 0.25) is 0 Å². The number of ketones is 1. The molecule has 1 aromatic carbocycles. The number of rotatable bonds is 4. The van der Waals surface area contributed by atoms with Crippen molar-refractivity contribution in [2.75, 3.05) is 13.1 Å². The van der Waals surface area contributed by atoms with Crippen molar-refractivity contribution in [2.24, 2.45) is 13.0 Å². The maximum atomic E-state index is 12.7. The Hall–Kier alpha value is -3.16. The molecule has 2 N–H and O–H groups in total. The molecule has 0 radical (unpaired) electrons. The third kappa shape index (κ3) is 3.62. The molecule has 1 atom stereocenters. The molecule has 28 heavy (non-hydrogen) atoms. The molecule has 2 amide bonds. The van der Waals surface area contributed by atoms with Gasteiger partial charge in [0.2, 0.25) is 5.78 Å². The highest BCUT2D eigenvalue weighted by Gasteiger charge is 2.30. The number of benzene rings is 1. The van der Waals surface area contributed by atoms with Crippen LogP contribution in [0.3, 0.4) is 0 Å². The maximum absolute atomic E-state index is 12.7. The summed E-state index contributed by atoms with van der Waals surface area (Å²) < 4.78 is 1.73. The lowest BCUT2D eigenvalue weighted by atomic mass is 9.93. The minimum atomic E-state index is -0.213. The minimum Gasteiger partial charge on any atom is -0.340 e. The van der Waals surface area contributed by atoms with Crippen molar-refractivity contribution in [3.05, 3.63) is 47.8 Å². The zero-order chi connectivity index (χ0) is 19.7. The molecule has 1 fully saturated rings. The molecule has 1 saturated heterocycles. The van der Waals surface area contributed by atoms with Gasteiger partial charge >= 0.3 is 6.03 Å². The van der Waals surface area contributed by atoms with Gasteiger partial charge in [-0.25, -0.2) is 14.8 Å². The normalized spacial score (nSPS) is 17.1. The Bertz CT molecular complexity index is 1020. The lowest BCUT2D eigenvalue weighted by Gasteiger charge is -2.31. The molecule has 0 aliphatic carbocycles. The van der Waals surface area contributed by atoms with Crippen LogP contribution >= 0.6 is 0 Å². The average molecular weight is 380 g/mol. The highest BCUT2D eigenvalue weighted by Crippen LogP contribution is 2.20. The molecule has 3 aromatic rings. The molecule has 8 heteroatoms. The van der Waals surface area contributed by atoms with Gasteiger partial charge in [-0.05, 0) is 37.5 Å². The molecule has 8 nitrogen and oxygen atoms in total. The summed E-state index contributed by atoms with van der Waals surface area (Å²) in [6.45, 7) is 3.41. The van der Waals surface area contributed by atoms with Crippen molar-refractivity contribution in [2.45, 2.75) is 26.3 Å². The molecule has 1 unspecified atom stereocenters. The monoisotopic (exact) mass is 380 g/mol. The molecule has 1 aliphatic rings. The molecule has 0 bridgehead atoms. The van der Waals surface area contributed by atoms with Crippen LogP contribution < -0.4 is 5.32 Å². The van der Waals surface area contributed by atoms with Gasteiger partial charge in [-0.3, -0.25) is 4.79 Å². The van der Waals surface area contributed by atoms with E-state index < -0.39 is 0 Å². The average Bonchev–Trinajstić information content (AvgIpc) is 3.30. The number of Topliss-reactive ketones (excluding diaryl/α,β-unsaturated/α-hetero) is 1. The van der Waals surface area contributed by atoms with Gasteiger partial charge < -0.3 is 19.8 Å². The van der Waals surface area contributed by atoms with Crippen molar-refractivity contribution in [3.63, 3.8) is 0 Å². The molecular weight excluding hydrogens is 356 g/mol. The summed E-state index contributed by atoms with van der Waals surface area (Å²) in [6.07, 6.45) is 4.96. The smallest absolute Gasteiger partial charge is 0.317 e. The number of imidazole rings is 2. The number of nitrogens with zero attached hydrogens (tertiary/aromatic N) is 4. The van der Waals surface area contributed by atoms with Crippen molar-refractivity contribution < 1.29 is 9.59 Å². The Kier molecular flexibility index (Phi) is 4.85. The summed E-state index contributed by atoms with van der Waals surface area (Å²) in [4.78, 5) is 38.9.